The van der Waals surface area contributed by atoms with Gasteiger partial charge in [0.15, 0.2) is 9.84 Å². The van der Waals surface area contributed by atoms with E-state index in [1.807, 2.05) is 20.8 Å². The summed E-state index contributed by atoms with van der Waals surface area (Å²) in [6.45, 7) is 6.24. The van der Waals surface area contributed by atoms with Crippen LogP contribution in [-0.2, 0) is 19.4 Å². The Bertz CT molecular complexity index is 1250. The van der Waals surface area contributed by atoms with Crippen LogP contribution in [0.5, 0.6) is 5.75 Å². The molecule has 2 aromatic carbocycles. The number of hydrogen-bond donors (Lipinski definition) is 0. The van der Waals surface area contributed by atoms with Gasteiger partial charge in [0.2, 0.25) is 5.91 Å². The Kier molecular flexibility index (Phi) is 5.68. The van der Waals surface area contributed by atoms with Crippen LogP contribution >= 0.6 is 23.2 Å². The molecule has 168 valence electrons. The summed E-state index contributed by atoms with van der Waals surface area (Å²) in [5, 5.41) is 0.445. The summed E-state index contributed by atoms with van der Waals surface area (Å²) >= 11 is 12.1. The average Bonchev–Trinajstić information content (AvgIpc) is 3.24. The first kappa shape index (κ1) is 22.9. The molecule has 0 saturated carbocycles. The summed E-state index contributed by atoms with van der Waals surface area (Å²) in [4.78, 5) is 14.7. The van der Waals surface area contributed by atoms with Gasteiger partial charge >= 0.3 is 0 Å². The molecule has 1 amide bonds. The van der Waals surface area contributed by atoms with Crippen LogP contribution in [0.3, 0.4) is 0 Å². The van der Waals surface area contributed by atoms with Crippen molar-refractivity contribution in [3.8, 4) is 5.75 Å². The van der Waals surface area contributed by atoms with Gasteiger partial charge < -0.3 is 9.64 Å². The van der Waals surface area contributed by atoms with E-state index in [0.717, 1.165) is 0 Å². The highest BCUT2D eigenvalue weighted by Gasteiger charge is 2.45. The van der Waals surface area contributed by atoms with Gasteiger partial charge in [0.25, 0.3) is 0 Å². The van der Waals surface area contributed by atoms with Crippen molar-refractivity contribution in [1.29, 1.82) is 0 Å². The number of allylic oxidation sites excluding steroid dienone is 2. The summed E-state index contributed by atoms with van der Waals surface area (Å²) in [7, 11) is -3.93. The van der Waals surface area contributed by atoms with Gasteiger partial charge in [-0.3, -0.25) is 4.79 Å². The lowest BCUT2D eigenvalue weighted by molar-refractivity contribution is -0.127. The third kappa shape index (κ3) is 3.45. The van der Waals surface area contributed by atoms with E-state index in [2.05, 4.69) is 0 Å². The number of benzene rings is 2. The highest BCUT2D eigenvalue weighted by Crippen LogP contribution is 2.45. The molecule has 1 heterocycles. The maximum Gasteiger partial charge on any atom is 0.236 e. The standard InChI is InChI=1S/C24H23Cl2NO4S/c1-4-27-20-10-7-16(13-21(20)31-15-23(2,3)22(27)28)24(11-5-6-12-24)32(29,30)17-8-9-18(25)19(26)14-17/h5-14H,4,15H2,1-3H3. The number of amides is 1. The third-order valence-electron chi connectivity index (χ3n) is 5.88. The first-order valence-electron chi connectivity index (χ1n) is 10.2. The maximum atomic E-state index is 13.8. The van der Waals surface area contributed by atoms with Crippen LogP contribution in [-0.4, -0.2) is 27.5 Å². The van der Waals surface area contributed by atoms with Crippen molar-refractivity contribution in [2.75, 3.05) is 18.1 Å². The maximum absolute atomic E-state index is 13.8. The minimum atomic E-state index is -3.93. The van der Waals surface area contributed by atoms with Crippen molar-refractivity contribution in [3.05, 3.63) is 76.3 Å². The van der Waals surface area contributed by atoms with E-state index in [0.29, 0.717) is 23.5 Å². The summed E-state index contributed by atoms with van der Waals surface area (Å²) in [5.74, 6) is 0.436. The zero-order valence-corrected chi connectivity index (χ0v) is 20.3. The quantitative estimate of drug-likeness (QED) is 0.561. The van der Waals surface area contributed by atoms with Gasteiger partial charge in [0.1, 0.15) is 17.1 Å². The lowest BCUT2D eigenvalue weighted by Gasteiger charge is -2.29. The first-order valence-corrected chi connectivity index (χ1v) is 12.4. The molecule has 8 heteroatoms. The van der Waals surface area contributed by atoms with E-state index in [1.165, 1.54) is 18.2 Å². The molecule has 0 saturated heterocycles. The number of carbonyl (C=O) groups excluding carboxylic acids is 1. The normalized spacial score (nSPS) is 18.9. The van der Waals surface area contributed by atoms with Crippen LogP contribution in [0.1, 0.15) is 26.3 Å². The molecular formula is C24H23Cl2NO4S. The number of anilines is 1. The Hall–Kier alpha value is -2.28. The highest BCUT2D eigenvalue weighted by molar-refractivity contribution is 7.92. The molecule has 0 aromatic heterocycles. The Labute approximate surface area is 198 Å². The van der Waals surface area contributed by atoms with Crippen LogP contribution in [0.4, 0.5) is 5.69 Å². The summed E-state index contributed by atoms with van der Waals surface area (Å²) in [5.41, 5.74) is 0.432. The molecule has 0 radical (unpaired) electrons. The second-order valence-electron chi connectivity index (χ2n) is 8.50. The van der Waals surface area contributed by atoms with E-state index in [9.17, 15) is 13.2 Å². The van der Waals surface area contributed by atoms with E-state index in [-0.39, 0.29) is 27.5 Å². The molecule has 4 rings (SSSR count). The summed E-state index contributed by atoms with van der Waals surface area (Å²) in [6.07, 6.45) is 6.67. The molecular weight excluding hydrogens is 469 g/mol. The highest BCUT2D eigenvalue weighted by atomic mass is 35.5. The van der Waals surface area contributed by atoms with Gasteiger partial charge in [-0.05, 0) is 56.7 Å². The van der Waals surface area contributed by atoms with Crippen molar-refractivity contribution in [2.45, 2.75) is 30.4 Å². The number of fused-ring (bicyclic) bond motifs is 1. The molecule has 2 aliphatic rings. The van der Waals surface area contributed by atoms with Gasteiger partial charge in [-0.1, -0.05) is 53.6 Å². The molecule has 1 aliphatic heterocycles. The van der Waals surface area contributed by atoms with Crippen LogP contribution < -0.4 is 9.64 Å². The van der Waals surface area contributed by atoms with E-state index in [4.69, 9.17) is 27.9 Å². The zero-order valence-electron chi connectivity index (χ0n) is 17.9. The minimum Gasteiger partial charge on any atom is -0.490 e. The number of hydrogen-bond acceptors (Lipinski definition) is 4. The van der Waals surface area contributed by atoms with Gasteiger partial charge in [-0.2, -0.15) is 0 Å². The number of rotatable bonds is 4. The molecule has 1 aliphatic carbocycles. The molecule has 32 heavy (non-hydrogen) atoms. The lowest BCUT2D eigenvalue weighted by Crippen LogP contribution is -2.42. The van der Waals surface area contributed by atoms with Crippen LogP contribution in [0.2, 0.25) is 10.0 Å². The monoisotopic (exact) mass is 491 g/mol. The lowest BCUT2D eigenvalue weighted by atomic mass is 9.93. The third-order valence-corrected chi connectivity index (χ3v) is 8.89. The topological polar surface area (TPSA) is 63.7 Å². The molecule has 0 unspecified atom stereocenters. The predicted molar refractivity (Wildman–Crippen MR) is 127 cm³/mol. The Morgan fingerprint density at radius 3 is 2.34 bits per heavy atom. The molecule has 0 atom stereocenters. The van der Waals surface area contributed by atoms with E-state index >= 15 is 0 Å². The SMILES string of the molecule is CCN1C(=O)C(C)(C)COc2cc(C3(S(=O)(=O)c4ccc(Cl)c(Cl)c4)C=CC=C3)ccc21. The molecule has 5 nitrogen and oxygen atoms in total. The number of halogens is 2. The van der Waals surface area contributed by atoms with Crippen molar-refractivity contribution in [2.24, 2.45) is 5.41 Å². The molecule has 0 fully saturated rings. The minimum absolute atomic E-state index is 0.0368. The molecule has 0 spiro atoms. The van der Waals surface area contributed by atoms with Crippen molar-refractivity contribution in [1.82, 2.24) is 0 Å². The number of ether oxygens (including phenoxy) is 1. The fraction of sp³-hybridized carbons (Fsp3) is 0.292. The smallest absolute Gasteiger partial charge is 0.236 e. The zero-order chi connectivity index (χ0) is 23.3. The van der Waals surface area contributed by atoms with Crippen LogP contribution in [0.25, 0.3) is 0 Å². The van der Waals surface area contributed by atoms with Gasteiger partial charge in [0, 0.05) is 6.54 Å². The van der Waals surface area contributed by atoms with E-state index < -0.39 is 20.0 Å². The Balaban J connectivity index is 1.87. The van der Waals surface area contributed by atoms with Crippen molar-refractivity contribution >= 4 is 44.6 Å². The first-order chi connectivity index (χ1) is 15.0. The number of sulfone groups is 1. The Morgan fingerprint density at radius 2 is 1.72 bits per heavy atom. The van der Waals surface area contributed by atoms with Gasteiger partial charge in [-0.25, -0.2) is 8.42 Å². The second-order valence-corrected chi connectivity index (χ2v) is 11.5. The average molecular weight is 492 g/mol. The van der Waals surface area contributed by atoms with E-state index in [1.54, 1.807) is 47.4 Å². The molecule has 0 N–H and O–H groups in total. The van der Waals surface area contributed by atoms with Crippen LogP contribution in [0.15, 0.2) is 65.6 Å². The van der Waals surface area contributed by atoms with Crippen molar-refractivity contribution in [3.63, 3.8) is 0 Å². The second kappa shape index (κ2) is 7.94. The summed E-state index contributed by atoms with van der Waals surface area (Å²) in [6, 6.07) is 9.47. The fourth-order valence-electron chi connectivity index (χ4n) is 4.02. The summed E-state index contributed by atoms with van der Waals surface area (Å²) < 4.78 is 32.2. The largest absolute Gasteiger partial charge is 0.490 e. The fourth-order valence-corrected chi connectivity index (χ4v) is 6.25. The van der Waals surface area contributed by atoms with Crippen molar-refractivity contribution < 1.29 is 17.9 Å². The number of nitrogens with zero attached hydrogens (tertiary/aromatic N) is 1. The van der Waals surface area contributed by atoms with Crippen LogP contribution in [0, 0.1) is 5.41 Å². The van der Waals surface area contributed by atoms with Gasteiger partial charge in [0.05, 0.1) is 26.0 Å². The Morgan fingerprint density at radius 1 is 1.03 bits per heavy atom. The molecule has 0 bridgehead atoms. The predicted octanol–water partition coefficient (Wildman–Crippen LogP) is 5.56. The van der Waals surface area contributed by atoms with Gasteiger partial charge in [-0.15, -0.1) is 0 Å². The number of carbonyl (C=O) groups is 1. The molecule has 2 aromatic rings.